The monoisotopic (exact) mass is 976 g/mol. The maximum absolute atomic E-state index is 6.78. The van der Waals surface area contributed by atoms with E-state index in [9.17, 15) is 0 Å². The molecule has 0 aliphatic heterocycles. The summed E-state index contributed by atoms with van der Waals surface area (Å²) >= 11 is 0. The molecule has 6 heterocycles. The van der Waals surface area contributed by atoms with Crippen LogP contribution in [0.4, 0.5) is 0 Å². The van der Waals surface area contributed by atoms with Gasteiger partial charge in [-0.25, -0.2) is 29.9 Å². The summed E-state index contributed by atoms with van der Waals surface area (Å²) in [5, 5.41) is 7.97. The Balaban J connectivity index is 0.776. The smallest absolute Gasteiger partial charge is 0.164 e. The number of fused-ring (bicyclic) bond motifs is 12. The van der Waals surface area contributed by atoms with Gasteiger partial charge in [0.25, 0.3) is 0 Å². The van der Waals surface area contributed by atoms with Crippen molar-refractivity contribution in [3.05, 3.63) is 218 Å². The second-order valence-corrected chi connectivity index (χ2v) is 19.0. The molecule has 0 aliphatic carbocycles. The third-order valence-corrected chi connectivity index (χ3v) is 14.4. The molecular weight excluding hydrogens is 941 g/mol. The van der Waals surface area contributed by atoms with Crippen LogP contribution >= 0.6 is 0 Å². The van der Waals surface area contributed by atoms with Crippen LogP contribution in [0.25, 0.3) is 167 Å². The van der Waals surface area contributed by atoms with Crippen molar-refractivity contribution < 1.29 is 17.7 Å². The lowest BCUT2D eigenvalue weighted by molar-refractivity contribution is 0.655. The SMILES string of the molecule is c1ccc(-c2nc(-c3ccc(-c4cccc5c4oc4cc6oc7cccc(-c8nc(-c9ccccc9)nc(-c9ccccc9)n8)c7c6cc45)cc3)nc(-c3ccc4c(c3)oc3cc5oc6ccccc6c5cc34)n2)cc1. The van der Waals surface area contributed by atoms with Gasteiger partial charge < -0.3 is 17.7 Å². The second-order valence-electron chi connectivity index (χ2n) is 19.0. The van der Waals surface area contributed by atoms with E-state index in [4.69, 9.17) is 47.6 Å². The van der Waals surface area contributed by atoms with Crippen LogP contribution in [0.15, 0.2) is 236 Å². The van der Waals surface area contributed by atoms with E-state index in [0.29, 0.717) is 40.5 Å². The van der Waals surface area contributed by atoms with Gasteiger partial charge in [-0.3, -0.25) is 0 Å². The Morgan fingerprint density at radius 1 is 0.211 bits per heavy atom. The molecule has 16 aromatic rings. The van der Waals surface area contributed by atoms with Gasteiger partial charge in [0.2, 0.25) is 0 Å². The molecule has 0 radical (unpaired) electrons. The third-order valence-electron chi connectivity index (χ3n) is 14.4. The molecule has 16 rings (SSSR count). The zero-order chi connectivity index (χ0) is 49.8. The maximum Gasteiger partial charge on any atom is 0.164 e. The average molecular weight is 977 g/mol. The molecule has 0 aliphatic rings. The van der Waals surface area contributed by atoms with E-state index in [2.05, 4.69) is 78.9 Å². The lowest BCUT2D eigenvalue weighted by atomic mass is 10.00. The molecule has 10 aromatic carbocycles. The van der Waals surface area contributed by atoms with Gasteiger partial charge in [-0.05, 0) is 42.0 Å². The van der Waals surface area contributed by atoms with Crippen LogP contribution in [-0.2, 0) is 0 Å². The van der Waals surface area contributed by atoms with Crippen molar-refractivity contribution in [3.63, 3.8) is 0 Å². The molecule has 0 amide bonds. The molecule has 76 heavy (non-hydrogen) atoms. The van der Waals surface area contributed by atoms with E-state index in [-0.39, 0.29) is 0 Å². The van der Waals surface area contributed by atoms with Crippen LogP contribution in [0.2, 0.25) is 0 Å². The Kier molecular flexibility index (Phi) is 9.10. The number of hydrogen-bond acceptors (Lipinski definition) is 10. The van der Waals surface area contributed by atoms with Crippen molar-refractivity contribution in [3.8, 4) is 79.5 Å². The van der Waals surface area contributed by atoms with Crippen molar-refractivity contribution in [1.82, 2.24) is 29.9 Å². The standard InChI is InChI=1S/C66H36N6O4/c1-4-14-38(15-5-1)61-67-64(70-65(69-61)42-30-31-45-49-33-48-44-20-10-11-24-52(44)73-55(48)35-56(49)75-54(45)32-42)41-28-26-37(27-29-41)43-21-12-22-46-50-34-51-58(36-57(50)76-60(43)46)74-53-25-13-23-47(59(51)53)66-71-62(39-16-6-2-7-17-39)68-63(72-66)40-18-8-3-9-19-40/h1-36H. The zero-order valence-corrected chi connectivity index (χ0v) is 40.1. The zero-order valence-electron chi connectivity index (χ0n) is 40.1. The van der Waals surface area contributed by atoms with Crippen LogP contribution in [-0.4, -0.2) is 29.9 Å². The van der Waals surface area contributed by atoms with Gasteiger partial charge in [-0.15, -0.1) is 0 Å². The Morgan fingerprint density at radius 2 is 0.618 bits per heavy atom. The van der Waals surface area contributed by atoms with E-state index in [1.165, 1.54) is 0 Å². The molecule has 0 saturated heterocycles. The van der Waals surface area contributed by atoms with Gasteiger partial charge in [-0.2, -0.15) is 0 Å². The maximum atomic E-state index is 6.78. The van der Waals surface area contributed by atoms with Crippen LogP contribution in [0.1, 0.15) is 0 Å². The first-order valence-electron chi connectivity index (χ1n) is 25.0. The quantitative estimate of drug-likeness (QED) is 0.152. The number of para-hydroxylation sites is 2. The summed E-state index contributed by atoms with van der Waals surface area (Å²) in [7, 11) is 0. The highest BCUT2D eigenvalue weighted by atomic mass is 16.4. The van der Waals surface area contributed by atoms with Crippen molar-refractivity contribution in [2.24, 2.45) is 0 Å². The van der Waals surface area contributed by atoms with Gasteiger partial charge in [0.05, 0.1) is 0 Å². The van der Waals surface area contributed by atoms with E-state index in [1.54, 1.807) is 0 Å². The minimum Gasteiger partial charge on any atom is -0.456 e. The van der Waals surface area contributed by atoms with Crippen molar-refractivity contribution in [2.75, 3.05) is 0 Å². The van der Waals surface area contributed by atoms with Gasteiger partial charge in [-0.1, -0.05) is 170 Å². The van der Waals surface area contributed by atoms with Crippen LogP contribution in [0.5, 0.6) is 0 Å². The number of benzene rings is 10. The Hall–Kier alpha value is -10.6. The molecule has 354 valence electrons. The summed E-state index contributed by atoms with van der Waals surface area (Å²) < 4.78 is 26.0. The van der Waals surface area contributed by atoms with Gasteiger partial charge in [0.1, 0.15) is 44.7 Å². The highest BCUT2D eigenvalue weighted by Gasteiger charge is 2.22. The molecule has 6 aromatic heterocycles. The Morgan fingerprint density at radius 3 is 1.28 bits per heavy atom. The normalized spacial score (nSPS) is 11.9. The molecule has 0 bridgehead atoms. The number of hydrogen-bond donors (Lipinski definition) is 0. The third kappa shape index (κ3) is 6.74. The summed E-state index contributed by atoms with van der Waals surface area (Å²) in [5.74, 6) is 3.40. The molecule has 0 fully saturated rings. The topological polar surface area (TPSA) is 130 Å². The van der Waals surface area contributed by atoms with Crippen LogP contribution < -0.4 is 0 Å². The average Bonchev–Trinajstić information content (AvgIpc) is 4.27. The summed E-state index contributed by atoms with van der Waals surface area (Å²) in [5.41, 5.74) is 13.2. The summed E-state index contributed by atoms with van der Waals surface area (Å²) in [6.07, 6.45) is 0. The lowest BCUT2D eigenvalue weighted by Crippen LogP contribution is -2.00. The molecule has 0 N–H and O–H groups in total. The largest absolute Gasteiger partial charge is 0.456 e. The predicted molar refractivity (Wildman–Crippen MR) is 300 cm³/mol. The highest BCUT2D eigenvalue weighted by Crippen LogP contribution is 2.43. The van der Waals surface area contributed by atoms with Gasteiger partial charge >= 0.3 is 0 Å². The summed E-state index contributed by atoms with van der Waals surface area (Å²) in [4.78, 5) is 30.2. The molecule has 10 nitrogen and oxygen atoms in total. The van der Waals surface area contributed by atoms with E-state index in [1.807, 2.05) is 140 Å². The van der Waals surface area contributed by atoms with Crippen molar-refractivity contribution >= 4 is 87.8 Å². The van der Waals surface area contributed by atoms with Crippen molar-refractivity contribution in [2.45, 2.75) is 0 Å². The number of furan rings is 4. The van der Waals surface area contributed by atoms with E-state index < -0.39 is 0 Å². The Labute approximate surface area is 431 Å². The predicted octanol–water partition coefficient (Wildman–Crippen LogP) is 17.3. The fraction of sp³-hybridized carbons (Fsp3) is 0. The molecular formula is C66H36N6O4. The summed E-state index contributed by atoms with van der Waals surface area (Å²) in [6, 6.07) is 73.2. The van der Waals surface area contributed by atoms with E-state index >= 15 is 0 Å². The van der Waals surface area contributed by atoms with Crippen LogP contribution in [0.3, 0.4) is 0 Å². The lowest BCUT2D eigenvalue weighted by Gasteiger charge is -2.09. The first-order valence-corrected chi connectivity index (χ1v) is 25.0. The molecule has 0 saturated carbocycles. The summed E-state index contributed by atoms with van der Waals surface area (Å²) in [6.45, 7) is 0. The first-order chi connectivity index (χ1) is 37.6. The highest BCUT2D eigenvalue weighted by molar-refractivity contribution is 6.20. The molecule has 0 atom stereocenters. The molecule has 0 spiro atoms. The number of nitrogens with zero attached hydrogens (tertiary/aromatic N) is 6. The van der Waals surface area contributed by atoms with Crippen LogP contribution in [0, 0.1) is 0 Å². The number of aromatic nitrogens is 6. The molecule has 0 unspecified atom stereocenters. The van der Waals surface area contributed by atoms with Gasteiger partial charge in [0.15, 0.2) is 34.9 Å². The van der Waals surface area contributed by atoms with Crippen molar-refractivity contribution in [1.29, 1.82) is 0 Å². The first kappa shape index (κ1) is 42.0. The molecule has 10 heteroatoms. The van der Waals surface area contributed by atoms with Gasteiger partial charge in [0, 0.05) is 94.2 Å². The Bertz CT molecular complexity index is 4930. The minimum atomic E-state index is 0.537. The fourth-order valence-corrected chi connectivity index (χ4v) is 10.7. The minimum absolute atomic E-state index is 0.537. The number of rotatable bonds is 7. The fourth-order valence-electron chi connectivity index (χ4n) is 10.7. The second kappa shape index (κ2) is 16.5. The van der Waals surface area contributed by atoms with E-state index in [0.717, 1.165) is 127 Å².